The van der Waals surface area contributed by atoms with Crippen molar-refractivity contribution >= 4 is 23.6 Å². The molecule has 1 aromatic heterocycles. The molecule has 0 radical (unpaired) electrons. The first-order valence-electron chi connectivity index (χ1n) is 8.28. The van der Waals surface area contributed by atoms with Crippen LogP contribution in [-0.2, 0) is 20.7 Å². The second-order valence-corrected chi connectivity index (χ2v) is 7.74. The summed E-state index contributed by atoms with van der Waals surface area (Å²) in [4.78, 5) is 31.6. The Labute approximate surface area is 148 Å². The largest absolute Gasteiger partial charge is 0.467 e. The molecule has 0 aliphatic rings. The number of aromatic amines is 1. The lowest BCUT2D eigenvalue weighted by Crippen LogP contribution is -2.43. The van der Waals surface area contributed by atoms with E-state index in [1.807, 2.05) is 20.8 Å². The number of hydrogen-bond acceptors (Lipinski definition) is 5. The van der Waals surface area contributed by atoms with Gasteiger partial charge in [0.1, 0.15) is 6.04 Å². The van der Waals surface area contributed by atoms with Crippen LogP contribution in [0.4, 0.5) is 0 Å². The lowest BCUT2D eigenvalue weighted by atomic mass is 10.0. The van der Waals surface area contributed by atoms with Crippen molar-refractivity contribution in [1.82, 2.24) is 15.3 Å². The number of methoxy groups -OCH3 is 1. The number of esters is 1. The SMILES string of the molecule is COC(=O)[C@@H](CC(C)C)NC(=O)CSc1nc(CC(C)C)c(C)[nH]1. The lowest BCUT2D eigenvalue weighted by molar-refractivity contribution is -0.145. The lowest BCUT2D eigenvalue weighted by Gasteiger charge is -2.18. The highest BCUT2D eigenvalue weighted by molar-refractivity contribution is 7.99. The smallest absolute Gasteiger partial charge is 0.328 e. The van der Waals surface area contributed by atoms with Crippen molar-refractivity contribution in [2.45, 2.75) is 58.7 Å². The minimum atomic E-state index is -0.599. The number of thioether (sulfide) groups is 1. The van der Waals surface area contributed by atoms with E-state index < -0.39 is 12.0 Å². The van der Waals surface area contributed by atoms with Gasteiger partial charge in [-0.05, 0) is 31.6 Å². The molecule has 0 aliphatic carbocycles. The number of nitrogens with zero attached hydrogens (tertiary/aromatic N) is 1. The van der Waals surface area contributed by atoms with Crippen molar-refractivity contribution < 1.29 is 14.3 Å². The predicted molar refractivity (Wildman–Crippen MR) is 96.0 cm³/mol. The minimum Gasteiger partial charge on any atom is -0.467 e. The van der Waals surface area contributed by atoms with Crippen molar-refractivity contribution in [3.8, 4) is 0 Å². The van der Waals surface area contributed by atoms with Crippen molar-refractivity contribution in [3.05, 3.63) is 11.4 Å². The molecule has 0 spiro atoms. The van der Waals surface area contributed by atoms with Crippen LogP contribution in [0.5, 0.6) is 0 Å². The molecule has 1 atom stereocenters. The van der Waals surface area contributed by atoms with Gasteiger partial charge in [-0.3, -0.25) is 4.79 Å². The van der Waals surface area contributed by atoms with Crippen LogP contribution in [0.25, 0.3) is 0 Å². The molecule has 1 rings (SSSR count). The summed E-state index contributed by atoms with van der Waals surface area (Å²) in [5.74, 6) is 0.420. The van der Waals surface area contributed by atoms with Gasteiger partial charge < -0.3 is 15.0 Å². The fraction of sp³-hybridized carbons (Fsp3) is 0.706. The molecule has 1 heterocycles. The van der Waals surface area contributed by atoms with Crippen LogP contribution in [0.1, 0.15) is 45.5 Å². The minimum absolute atomic E-state index is 0.199. The van der Waals surface area contributed by atoms with E-state index in [1.165, 1.54) is 18.9 Å². The van der Waals surface area contributed by atoms with Gasteiger partial charge in [0.2, 0.25) is 5.91 Å². The summed E-state index contributed by atoms with van der Waals surface area (Å²) in [6.45, 7) is 10.3. The number of carbonyl (C=O) groups is 2. The summed E-state index contributed by atoms with van der Waals surface area (Å²) >= 11 is 1.34. The van der Waals surface area contributed by atoms with Crippen molar-refractivity contribution in [2.75, 3.05) is 12.9 Å². The first kappa shape index (κ1) is 20.5. The van der Waals surface area contributed by atoms with Gasteiger partial charge in [0, 0.05) is 5.69 Å². The average Bonchev–Trinajstić information content (AvgIpc) is 2.82. The predicted octanol–water partition coefficient (Wildman–Crippen LogP) is 2.71. The van der Waals surface area contributed by atoms with Gasteiger partial charge in [0.15, 0.2) is 5.16 Å². The summed E-state index contributed by atoms with van der Waals surface area (Å²) in [6.07, 6.45) is 1.47. The first-order chi connectivity index (χ1) is 11.2. The molecule has 6 nitrogen and oxygen atoms in total. The zero-order valence-corrected chi connectivity index (χ0v) is 16.3. The standard InChI is InChI=1S/C17H29N3O3S/c1-10(2)7-13-12(5)18-17(20-13)24-9-15(21)19-14(8-11(3)4)16(22)23-6/h10-11,14H,7-9H2,1-6H3,(H,18,20)(H,19,21)/t14-/m1/s1. The number of rotatable bonds is 9. The molecule has 1 aromatic rings. The molecule has 0 bridgehead atoms. The third-order valence-corrected chi connectivity index (χ3v) is 4.31. The van der Waals surface area contributed by atoms with Gasteiger partial charge in [0.05, 0.1) is 18.6 Å². The van der Waals surface area contributed by atoms with Crippen LogP contribution in [0, 0.1) is 18.8 Å². The first-order valence-corrected chi connectivity index (χ1v) is 9.26. The number of hydrogen-bond donors (Lipinski definition) is 2. The molecule has 2 N–H and O–H groups in total. The van der Waals surface area contributed by atoms with Gasteiger partial charge >= 0.3 is 5.97 Å². The Morgan fingerprint density at radius 1 is 1.25 bits per heavy atom. The number of amides is 1. The van der Waals surface area contributed by atoms with Crippen LogP contribution in [0.2, 0.25) is 0 Å². The van der Waals surface area contributed by atoms with E-state index in [2.05, 4.69) is 29.1 Å². The molecule has 0 unspecified atom stereocenters. The zero-order valence-electron chi connectivity index (χ0n) is 15.4. The van der Waals surface area contributed by atoms with Gasteiger partial charge in [-0.2, -0.15) is 0 Å². The van der Waals surface area contributed by atoms with Gasteiger partial charge in [-0.15, -0.1) is 0 Å². The number of H-pyrrole nitrogens is 1. The van der Waals surface area contributed by atoms with Gasteiger partial charge in [0.25, 0.3) is 0 Å². The van der Waals surface area contributed by atoms with E-state index in [0.717, 1.165) is 23.0 Å². The highest BCUT2D eigenvalue weighted by Crippen LogP contribution is 2.18. The second-order valence-electron chi connectivity index (χ2n) is 6.77. The van der Waals surface area contributed by atoms with Crippen LogP contribution >= 0.6 is 11.8 Å². The fourth-order valence-electron chi connectivity index (χ4n) is 2.32. The monoisotopic (exact) mass is 355 g/mol. The Morgan fingerprint density at radius 3 is 2.46 bits per heavy atom. The molecule has 7 heteroatoms. The van der Waals surface area contributed by atoms with E-state index in [-0.39, 0.29) is 17.6 Å². The maximum atomic E-state index is 12.1. The fourth-order valence-corrected chi connectivity index (χ4v) is 3.07. The molecule has 0 fully saturated rings. The maximum Gasteiger partial charge on any atom is 0.328 e. The topological polar surface area (TPSA) is 84.1 Å². The molecule has 0 saturated heterocycles. The number of aromatic nitrogens is 2. The van der Waals surface area contributed by atoms with E-state index in [4.69, 9.17) is 4.74 Å². The Balaban J connectivity index is 2.57. The third-order valence-electron chi connectivity index (χ3n) is 3.43. The van der Waals surface area contributed by atoms with E-state index in [9.17, 15) is 9.59 Å². The molecule has 24 heavy (non-hydrogen) atoms. The Kier molecular flexibility index (Phi) is 8.31. The van der Waals surface area contributed by atoms with Crippen molar-refractivity contribution in [3.63, 3.8) is 0 Å². The van der Waals surface area contributed by atoms with E-state index in [0.29, 0.717) is 12.3 Å². The Hall–Kier alpha value is -1.50. The average molecular weight is 356 g/mol. The molecular formula is C17H29N3O3S. The molecule has 1 amide bonds. The van der Waals surface area contributed by atoms with Gasteiger partial charge in [-0.1, -0.05) is 39.5 Å². The molecular weight excluding hydrogens is 326 g/mol. The summed E-state index contributed by atoms with van der Waals surface area (Å²) in [6, 6.07) is -0.599. The molecule has 0 saturated carbocycles. The quantitative estimate of drug-likeness (QED) is 0.525. The summed E-state index contributed by atoms with van der Waals surface area (Å²) in [5.41, 5.74) is 2.08. The second kappa shape index (κ2) is 9.71. The summed E-state index contributed by atoms with van der Waals surface area (Å²) < 4.78 is 4.75. The number of nitrogens with one attached hydrogen (secondary N) is 2. The van der Waals surface area contributed by atoms with Crippen LogP contribution in [-0.4, -0.2) is 40.7 Å². The van der Waals surface area contributed by atoms with Gasteiger partial charge in [-0.25, -0.2) is 9.78 Å². The highest BCUT2D eigenvalue weighted by atomic mass is 32.2. The number of ether oxygens (including phenoxy) is 1. The zero-order chi connectivity index (χ0) is 18.3. The van der Waals surface area contributed by atoms with Crippen LogP contribution < -0.4 is 5.32 Å². The molecule has 0 aromatic carbocycles. The van der Waals surface area contributed by atoms with Crippen molar-refractivity contribution in [2.24, 2.45) is 11.8 Å². The Bertz CT molecular complexity index is 555. The summed E-state index contributed by atoms with van der Waals surface area (Å²) in [7, 11) is 1.33. The number of carbonyl (C=O) groups excluding carboxylic acids is 2. The summed E-state index contributed by atoms with van der Waals surface area (Å²) in [5, 5.41) is 3.48. The van der Waals surface area contributed by atoms with Crippen LogP contribution in [0.15, 0.2) is 5.16 Å². The van der Waals surface area contributed by atoms with E-state index in [1.54, 1.807) is 0 Å². The maximum absolute atomic E-state index is 12.1. The molecule has 0 aliphatic heterocycles. The normalized spacial score (nSPS) is 12.5. The van der Waals surface area contributed by atoms with Crippen LogP contribution in [0.3, 0.4) is 0 Å². The number of imidazole rings is 1. The highest BCUT2D eigenvalue weighted by Gasteiger charge is 2.22. The third kappa shape index (κ3) is 6.95. The number of aryl methyl sites for hydroxylation is 1. The van der Waals surface area contributed by atoms with E-state index >= 15 is 0 Å². The Morgan fingerprint density at radius 2 is 1.92 bits per heavy atom. The van der Waals surface area contributed by atoms with Crippen molar-refractivity contribution in [1.29, 1.82) is 0 Å². The molecule has 136 valence electrons.